The van der Waals surface area contributed by atoms with Crippen LogP contribution in [0.2, 0.25) is 0 Å². The Morgan fingerprint density at radius 1 is 1.00 bits per heavy atom. The first-order valence-corrected chi connectivity index (χ1v) is 11.3. The minimum absolute atomic E-state index is 0.221. The number of hydrogen-bond acceptors (Lipinski definition) is 1. The molecule has 0 bridgehead atoms. The molecule has 2 aromatic heterocycles. The zero-order chi connectivity index (χ0) is 24.2. The fraction of sp³-hybridized carbons (Fsp3) is 0.200. The normalized spacial score (nSPS) is 11.8. The molecule has 0 amide bonds. The number of aromatic nitrogens is 1. The van der Waals surface area contributed by atoms with Crippen LogP contribution in [0.1, 0.15) is 31.9 Å². The number of furan rings is 1. The lowest BCUT2D eigenvalue weighted by Gasteiger charge is -2.19. The molecule has 0 aliphatic heterocycles. The summed E-state index contributed by atoms with van der Waals surface area (Å²) in [5.41, 5.74) is 7.14. The van der Waals surface area contributed by atoms with Gasteiger partial charge in [0.25, 0.3) is 0 Å². The van der Waals surface area contributed by atoms with Gasteiger partial charge in [-0.25, -0.2) is 9.24 Å². The summed E-state index contributed by atoms with van der Waals surface area (Å²) < 4.78 is 23.2. The lowest BCUT2D eigenvalue weighted by molar-refractivity contribution is -0.662. The predicted molar refractivity (Wildman–Crippen MR) is 135 cm³/mol. The molecule has 5 aromatic rings. The van der Waals surface area contributed by atoms with Gasteiger partial charge in [0, 0.05) is 22.4 Å². The zero-order valence-electron chi connectivity index (χ0n) is 20.0. The smallest absolute Gasteiger partial charge is 0.216 e. The minimum Gasteiger partial charge on any atom is -0.456 e. The SMILES string of the molecule is [C-]#[N+]c1cc(-c2ccccc2)c2c(c1)oc1c(-c3cc(C(C)(C)C)c(F)c[n+]3C)c(C)ccc12. The van der Waals surface area contributed by atoms with Crippen LogP contribution >= 0.6 is 0 Å². The quantitative estimate of drug-likeness (QED) is 0.197. The summed E-state index contributed by atoms with van der Waals surface area (Å²) in [5, 5.41) is 1.96. The van der Waals surface area contributed by atoms with Crippen molar-refractivity contribution in [1.82, 2.24) is 0 Å². The van der Waals surface area contributed by atoms with Crippen LogP contribution in [0, 0.1) is 19.3 Å². The van der Waals surface area contributed by atoms with E-state index < -0.39 is 0 Å². The van der Waals surface area contributed by atoms with E-state index in [9.17, 15) is 4.39 Å². The number of halogens is 1. The van der Waals surface area contributed by atoms with E-state index >= 15 is 0 Å². The van der Waals surface area contributed by atoms with Crippen molar-refractivity contribution in [2.75, 3.05) is 0 Å². The van der Waals surface area contributed by atoms with E-state index in [1.54, 1.807) is 12.3 Å². The minimum atomic E-state index is -0.340. The van der Waals surface area contributed by atoms with Gasteiger partial charge in [-0.1, -0.05) is 63.2 Å². The van der Waals surface area contributed by atoms with Gasteiger partial charge in [0.1, 0.15) is 18.2 Å². The van der Waals surface area contributed by atoms with Gasteiger partial charge in [-0.3, -0.25) is 0 Å². The fourth-order valence-corrected chi connectivity index (χ4v) is 4.72. The molecule has 34 heavy (non-hydrogen) atoms. The maximum atomic E-state index is 14.9. The molecule has 2 heterocycles. The van der Waals surface area contributed by atoms with Gasteiger partial charge in [-0.05, 0) is 41.2 Å². The molecule has 0 atom stereocenters. The van der Waals surface area contributed by atoms with E-state index in [0.29, 0.717) is 16.8 Å². The van der Waals surface area contributed by atoms with Crippen LogP contribution in [0.25, 0.3) is 49.2 Å². The van der Waals surface area contributed by atoms with Gasteiger partial charge < -0.3 is 4.42 Å². The highest BCUT2D eigenvalue weighted by Gasteiger charge is 2.28. The van der Waals surface area contributed by atoms with Crippen molar-refractivity contribution in [3.63, 3.8) is 0 Å². The third-order valence-electron chi connectivity index (χ3n) is 6.44. The van der Waals surface area contributed by atoms with E-state index in [2.05, 4.69) is 17.0 Å². The fourth-order valence-electron chi connectivity index (χ4n) is 4.72. The summed E-state index contributed by atoms with van der Waals surface area (Å²) in [5.74, 6) is -0.221. The van der Waals surface area contributed by atoms with Crippen LogP contribution in [0.3, 0.4) is 0 Å². The standard InChI is InChI=1S/C30H26FN2O/c1-18-12-13-21-28-22(19-10-8-7-9-11-19)14-20(32-5)15-26(28)34-29(21)27(18)25-16-23(30(2,3)4)24(31)17-33(25)6/h7-17H,1-4,6H3/q+1. The van der Waals surface area contributed by atoms with Gasteiger partial charge in [-0.15, -0.1) is 0 Å². The topological polar surface area (TPSA) is 21.4 Å². The molecular weight excluding hydrogens is 423 g/mol. The first-order chi connectivity index (χ1) is 16.2. The van der Waals surface area contributed by atoms with Gasteiger partial charge in [0.05, 0.1) is 12.1 Å². The monoisotopic (exact) mass is 449 g/mol. The average molecular weight is 450 g/mol. The second-order valence-corrected chi connectivity index (χ2v) is 9.86. The average Bonchev–Trinajstić information content (AvgIpc) is 3.17. The third kappa shape index (κ3) is 3.45. The summed E-state index contributed by atoms with van der Waals surface area (Å²) in [6.07, 6.45) is 1.54. The van der Waals surface area contributed by atoms with Crippen molar-refractivity contribution >= 4 is 27.6 Å². The number of hydrogen-bond donors (Lipinski definition) is 0. The molecule has 4 heteroatoms. The molecule has 0 aliphatic carbocycles. The predicted octanol–water partition coefficient (Wildman–Crippen LogP) is 8.04. The highest BCUT2D eigenvalue weighted by molar-refractivity contribution is 6.16. The Kier molecular flexibility index (Phi) is 5.02. The maximum absolute atomic E-state index is 14.9. The molecular formula is C30H26FN2O+. The lowest BCUT2D eigenvalue weighted by Crippen LogP contribution is -2.33. The van der Waals surface area contributed by atoms with E-state index in [1.165, 1.54) is 0 Å². The summed E-state index contributed by atoms with van der Waals surface area (Å²) in [6, 6.07) is 19.9. The molecule has 0 saturated carbocycles. The Morgan fingerprint density at radius 2 is 1.74 bits per heavy atom. The molecule has 168 valence electrons. The number of benzene rings is 3. The Morgan fingerprint density at radius 3 is 2.41 bits per heavy atom. The van der Waals surface area contributed by atoms with Gasteiger partial charge >= 0.3 is 0 Å². The zero-order valence-corrected chi connectivity index (χ0v) is 20.0. The first kappa shape index (κ1) is 21.9. The van der Waals surface area contributed by atoms with Crippen molar-refractivity contribution in [1.29, 1.82) is 0 Å². The van der Waals surface area contributed by atoms with Crippen LogP contribution in [-0.2, 0) is 12.5 Å². The van der Waals surface area contributed by atoms with Crippen LogP contribution < -0.4 is 4.57 Å². The van der Waals surface area contributed by atoms with Crippen molar-refractivity contribution in [3.05, 3.63) is 95.2 Å². The van der Waals surface area contributed by atoms with E-state index in [-0.39, 0.29) is 11.2 Å². The molecule has 0 aliphatic rings. The van der Waals surface area contributed by atoms with E-state index in [4.69, 9.17) is 11.0 Å². The van der Waals surface area contributed by atoms with Crippen molar-refractivity contribution < 1.29 is 13.4 Å². The molecule has 5 rings (SSSR count). The highest BCUT2D eigenvalue weighted by Crippen LogP contribution is 2.43. The largest absolute Gasteiger partial charge is 0.456 e. The van der Waals surface area contributed by atoms with Gasteiger partial charge in [0.2, 0.25) is 11.9 Å². The van der Waals surface area contributed by atoms with Crippen LogP contribution in [-0.4, -0.2) is 0 Å². The maximum Gasteiger partial charge on any atom is 0.216 e. The molecule has 0 saturated heterocycles. The lowest BCUT2D eigenvalue weighted by atomic mass is 9.86. The summed E-state index contributed by atoms with van der Waals surface area (Å²) in [7, 11) is 1.86. The van der Waals surface area contributed by atoms with Crippen molar-refractivity contribution in [2.45, 2.75) is 33.1 Å². The Labute approximate surface area is 198 Å². The first-order valence-electron chi connectivity index (χ1n) is 11.3. The van der Waals surface area contributed by atoms with E-state index in [1.807, 2.05) is 81.8 Å². The second kappa shape index (κ2) is 7.81. The van der Waals surface area contributed by atoms with Crippen molar-refractivity contribution in [2.24, 2.45) is 7.05 Å². The Bertz CT molecular complexity index is 1620. The van der Waals surface area contributed by atoms with Crippen LogP contribution in [0.4, 0.5) is 10.1 Å². The van der Waals surface area contributed by atoms with Crippen LogP contribution in [0.15, 0.2) is 71.3 Å². The summed E-state index contributed by atoms with van der Waals surface area (Å²) in [6.45, 7) is 15.7. The molecule has 0 radical (unpaired) electrons. The molecule has 0 fully saturated rings. The summed E-state index contributed by atoms with van der Waals surface area (Å²) in [4.78, 5) is 3.68. The van der Waals surface area contributed by atoms with Gasteiger partial charge in [0.15, 0.2) is 11.5 Å². The third-order valence-corrected chi connectivity index (χ3v) is 6.44. The molecule has 0 unspecified atom stereocenters. The van der Waals surface area contributed by atoms with Crippen LogP contribution in [0.5, 0.6) is 0 Å². The second-order valence-electron chi connectivity index (χ2n) is 9.86. The molecule has 0 spiro atoms. The number of pyridine rings is 1. The van der Waals surface area contributed by atoms with Crippen molar-refractivity contribution in [3.8, 4) is 22.4 Å². The number of rotatable bonds is 2. The number of aryl methyl sites for hydroxylation is 2. The molecule has 0 N–H and O–H groups in total. The Balaban J connectivity index is 1.90. The van der Waals surface area contributed by atoms with E-state index in [0.717, 1.165) is 44.3 Å². The highest BCUT2D eigenvalue weighted by atomic mass is 19.1. The molecule has 3 aromatic carbocycles. The Hall–Kier alpha value is -3.97. The van der Waals surface area contributed by atoms with Gasteiger partial charge in [-0.2, -0.15) is 4.57 Å². The number of fused-ring (bicyclic) bond motifs is 3. The summed E-state index contributed by atoms with van der Waals surface area (Å²) >= 11 is 0. The molecule has 3 nitrogen and oxygen atoms in total. The number of nitrogens with zero attached hydrogens (tertiary/aromatic N) is 2.